The number of allylic oxidation sites excluding steroid dienone is 1. The number of nitrogens with one attached hydrogen (secondary N) is 2. The Morgan fingerprint density at radius 2 is 1.92 bits per heavy atom. The summed E-state index contributed by atoms with van der Waals surface area (Å²) in [5.41, 5.74) is 1.22. The van der Waals surface area contributed by atoms with Crippen LogP contribution in [0.5, 0.6) is 0 Å². The van der Waals surface area contributed by atoms with Crippen molar-refractivity contribution >= 4 is 15.9 Å². The second-order valence-corrected chi connectivity index (χ2v) is 10.1. The van der Waals surface area contributed by atoms with Gasteiger partial charge in [-0.3, -0.25) is 4.79 Å². The van der Waals surface area contributed by atoms with Gasteiger partial charge < -0.3 is 5.32 Å². The number of carbonyl (C=O) groups is 1. The van der Waals surface area contributed by atoms with Crippen molar-refractivity contribution in [1.29, 1.82) is 0 Å². The molecule has 3 atom stereocenters. The zero-order chi connectivity index (χ0) is 18.6. The quantitative estimate of drug-likeness (QED) is 0.677. The summed E-state index contributed by atoms with van der Waals surface area (Å²) in [6.07, 6.45) is 9.56. The average molecular weight is 371 g/mol. The molecule has 0 bridgehead atoms. The molecule has 2 rings (SSSR count). The van der Waals surface area contributed by atoms with Gasteiger partial charge in [-0.2, -0.15) is 0 Å². The third-order valence-corrected chi connectivity index (χ3v) is 6.51. The predicted molar refractivity (Wildman–Crippen MR) is 102 cm³/mol. The normalized spacial score (nSPS) is 28.2. The Labute approximate surface area is 153 Å². The van der Waals surface area contributed by atoms with Crippen molar-refractivity contribution in [2.75, 3.05) is 12.8 Å². The summed E-state index contributed by atoms with van der Waals surface area (Å²) in [6, 6.07) is 0.369. The molecule has 2 N–H and O–H groups in total. The van der Waals surface area contributed by atoms with Crippen molar-refractivity contribution in [3.63, 3.8) is 0 Å². The first-order valence-corrected chi connectivity index (χ1v) is 11.5. The summed E-state index contributed by atoms with van der Waals surface area (Å²) in [5, 5.41) is 3.19. The summed E-state index contributed by atoms with van der Waals surface area (Å²) >= 11 is 0. The van der Waals surface area contributed by atoms with Gasteiger partial charge in [0.05, 0.1) is 6.26 Å². The Kier molecular flexibility index (Phi) is 7.09. The van der Waals surface area contributed by atoms with E-state index in [1.165, 1.54) is 24.7 Å². The zero-order valence-corrected chi connectivity index (χ0v) is 16.9. The van der Waals surface area contributed by atoms with Gasteiger partial charge in [0.25, 0.3) is 0 Å². The third kappa shape index (κ3) is 6.41. The Bertz CT molecular complexity index is 592. The van der Waals surface area contributed by atoms with Gasteiger partial charge in [-0.25, -0.2) is 13.1 Å². The van der Waals surface area contributed by atoms with Gasteiger partial charge in [0.1, 0.15) is 0 Å². The van der Waals surface area contributed by atoms with Crippen LogP contribution in [0.3, 0.4) is 0 Å². The molecule has 0 aliphatic heterocycles. The standard InChI is InChI=1S/C19H34N2O3S/c1-13(2)18-10-15(11-19(22)21-17-7-5-6-8-17)14(3)9-16(18)12-20-25(4,23)24/h9,13,15-18,20H,5-8,10-12H2,1-4H3,(H,21,22)/t15-,16-,18-/m0/s1. The molecule has 0 aromatic carbocycles. The van der Waals surface area contributed by atoms with Crippen LogP contribution in [-0.2, 0) is 14.8 Å². The third-order valence-electron chi connectivity index (χ3n) is 5.82. The molecule has 0 spiro atoms. The number of hydrogen-bond acceptors (Lipinski definition) is 3. The van der Waals surface area contributed by atoms with Crippen molar-refractivity contribution < 1.29 is 13.2 Å². The Morgan fingerprint density at radius 3 is 2.48 bits per heavy atom. The smallest absolute Gasteiger partial charge is 0.220 e. The minimum Gasteiger partial charge on any atom is -0.353 e. The lowest BCUT2D eigenvalue weighted by Crippen LogP contribution is -2.38. The van der Waals surface area contributed by atoms with Crippen LogP contribution in [0.25, 0.3) is 0 Å². The summed E-state index contributed by atoms with van der Waals surface area (Å²) in [7, 11) is -3.18. The van der Waals surface area contributed by atoms with Crippen molar-refractivity contribution in [2.45, 2.75) is 65.3 Å². The molecule has 1 fully saturated rings. The number of amides is 1. The molecule has 0 unspecified atom stereocenters. The van der Waals surface area contributed by atoms with Crippen molar-refractivity contribution in [1.82, 2.24) is 10.0 Å². The van der Waals surface area contributed by atoms with Crippen molar-refractivity contribution in [2.24, 2.45) is 23.7 Å². The second-order valence-electron chi connectivity index (χ2n) is 8.29. The molecule has 2 aliphatic carbocycles. The van der Waals surface area contributed by atoms with E-state index in [9.17, 15) is 13.2 Å². The Balaban J connectivity index is 1.99. The topological polar surface area (TPSA) is 75.3 Å². The van der Waals surface area contributed by atoms with Gasteiger partial charge >= 0.3 is 0 Å². The second kappa shape index (κ2) is 8.67. The van der Waals surface area contributed by atoms with Crippen LogP contribution in [0, 0.1) is 23.7 Å². The molecule has 6 heteroatoms. The SMILES string of the molecule is CC1=C[C@@H](CNS(C)(=O)=O)[C@H](C(C)C)C[C@H]1CC(=O)NC1CCCC1. The maximum absolute atomic E-state index is 12.4. The maximum atomic E-state index is 12.4. The van der Waals surface area contributed by atoms with E-state index in [-0.39, 0.29) is 17.7 Å². The van der Waals surface area contributed by atoms with Gasteiger partial charge in [-0.05, 0) is 49.9 Å². The highest BCUT2D eigenvalue weighted by Gasteiger charge is 2.33. The first-order chi connectivity index (χ1) is 11.7. The summed E-state index contributed by atoms with van der Waals surface area (Å²) in [4.78, 5) is 12.4. The molecule has 2 aliphatic rings. The van der Waals surface area contributed by atoms with Crippen molar-refractivity contribution in [3.05, 3.63) is 11.6 Å². The monoisotopic (exact) mass is 370 g/mol. The summed E-state index contributed by atoms with van der Waals surface area (Å²) in [5.74, 6) is 1.48. The van der Waals surface area contributed by atoms with E-state index < -0.39 is 10.0 Å². The van der Waals surface area contributed by atoms with E-state index in [0.29, 0.717) is 30.8 Å². The van der Waals surface area contributed by atoms with E-state index in [1.54, 1.807) is 0 Å². The summed E-state index contributed by atoms with van der Waals surface area (Å²) in [6.45, 7) is 6.89. The minimum absolute atomic E-state index is 0.167. The number of hydrogen-bond donors (Lipinski definition) is 2. The Morgan fingerprint density at radius 1 is 1.28 bits per heavy atom. The molecule has 5 nitrogen and oxygen atoms in total. The lowest BCUT2D eigenvalue weighted by Gasteiger charge is -2.37. The number of sulfonamides is 1. The molecule has 1 amide bonds. The molecule has 1 saturated carbocycles. The fourth-order valence-corrected chi connectivity index (χ4v) is 4.83. The molecular formula is C19H34N2O3S. The van der Waals surface area contributed by atoms with Crippen LogP contribution in [0.15, 0.2) is 11.6 Å². The van der Waals surface area contributed by atoms with E-state index in [0.717, 1.165) is 19.3 Å². The predicted octanol–water partition coefficient (Wildman–Crippen LogP) is 2.84. The van der Waals surface area contributed by atoms with Crippen LogP contribution >= 0.6 is 0 Å². The maximum Gasteiger partial charge on any atom is 0.220 e. The largest absolute Gasteiger partial charge is 0.353 e. The summed E-state index contributed by atoms with van der Waals surface area (Å²) < 4.78 is 25.5. The van der Waals surface area contributed by atoms with Gasteiger partial charge in [0, 0.05) is 19.0 Å². The zero-order valence-electron chi connectivity index (χ0n) is 16.0. The van der Waals surface area contributed by atoms with Crippen LogP contribution in [0.2, 0.25) is 0 Å². The highest BCUT2D eigenvalue weighted by Crippen LogP contribution is 2.38. The van der Waals surface area contributed by atoms with E-state index in [1.807, 2.05) is 0 Å². The average Bonchev–Trinajstić information content (AvgIpc) is 2.99. The number of carbonyl (C=O) groups excluding carboxylic acids is 1. The molecule has 0 aromatic rings. The molecule has 25 heavy (non-hydrogen) atoms. The van der Waals surface area contributed by atoms with Crippen LogP contribution in [-0.4, -0.2) is 33.2 Å². The molecule has 144 valence electrons. The first-order valence-electron chi connectivity index (χ1n) is 9.58. The molecule has 0 radical (unpaired) electrons. The fourth-order valence-electron chi connectivity index (χ4n) is 4.34. The molecule has 0 saturated heterocycles. The highest BCUT2D eigenvalue weighted by molar-refractivity contribution is 7.88. The van der Waals surface area contributed by atoms with Crippen LogP contribution < -0.4 is 10.0 Å². The lowest BCUT2D eigenvalue weighted by molar-refractivity contribution is -0.122. The van der Waals surface area contributed by atoms with E-state index >= 15 is 0 Å². The highest BCUT2D eigenvalue weighted by atomic mass is 32.2. The lowest BCUT2D eigenvalue weighted by atomic mass is 9.70. The first kappa shape index (κ1) is 20.4. The molecular weight excluding hydrogens is 336 g/mol. The van der Waals surface area contributed by atoms with Crippen molar-refractivity contribution in [3.8, 4) is 0 Å². The fraction of sp³-hybridized carbons (Fsp3) is 0.842. The Hall–Kier alpha value is -0.880. The molecule has 0 heterocycles. The van der Waals surface area contributed by atoms with Gasteiger partial charge in [0.15, 0.2) is 0 Å². The number of rotatable bonds is 7. The van der Waals surface area contributed by atoms with Gasteiger partial charge in [0.2, 0.25) is 15.9 Å². The van der Waals surface area contributed by atoms with Gasteiger partial charge in [-0.15, -0.1) is 0 Å². The van der Waals surface area contributed by atoms with Crippen LogP contribution in [0.4, 0.5) is 0 Å². The van der Waals surface area contributed by atoms with E-state index in [4.69, 9.17) is 0 Å². The molecule has 0 aromatic heterocycles. The van der Waals surface area contributed by atoms with Gasteiger partial charge in [-0.1, -0.05) is 38.3 Å². The van der Waals surface area contributed by atoms with Crippen LogP contribution in [0.1, 0.15) is 59.3 Å². The van der Waals surface area contributed by atoms with E-state index in [2.05, 4.69) is 36.9 Å². The minimum atomic E-state index is -3.18.